The smallest absolute Gasteiger partial charge is 0.315 e. The molecule has 2 aromatic carbocycles. The predicted octanol–water partition coefficient (Wildman–Crippen LogP) is 3.51. The van der Waals surface area contributed by atoms with Crippen molar-refractivity contribution in [2.75, 3.05) is 17.2 Å². The van der Waals surface area contributed by atoms with E-state index in [0.717, 1.165) is 18.7 Å². The lowest BCUT2D eigenvalue weighted by Gasteiger charge is -2.34. The van der Waals surface area contributed by atoms with Crippen LogP contribution in [0, 0.1) is 16.0 Å². The van der Waals surface area contributed by atoms with Crippen molar-refractivity contribution in [1.82, 2.24) is 0 Å². The van der Waals surface area contributed by atoms with Crippen molar-refractivity contribution in [3.8, 4) is 0 Å². The molecule has 1 unspecified atom stereocenters. The molecule has 1 atom stereocenters. The summed E-state index contributed by atoms with van der Waals surface area (Å²) in [6.07, 6.45) is 0.989. The molecule has 5 heteroatoms. The Morgan fingerprint density at radius 3 is 2.67 bits per heavy atom. The van der Waals surface area contributed by atoms with Gasteiger partial charge in [0.15, 0.2) is 0 Å². The molecule has 0 aromatic heterocycles. The van der Waals surface area contributed by atoms with Crippen molar-refractivity contribution in [2.24, 2.45) is 5.92 Å². The molecule has 108 valence electrons. The van der Waals surface area contributed by atoms with Crippen LogP contribution < -0.4 is 10.6 Å². The second-order valence-corrected chi connectivity index (χ2v) is 5.52. The van der Waals surface area contributed by atoms with Gasteiger partial charge in [0.05, 0.1) is 4.92 Å². The highest BCUT2D eigenvalue weighted by Crippen LogP contribution is 2.41. The summed E-state index contributed by atoms with van der Waals surface area (Å²) in [6, 6.07) is 13.1. The zero-order valence-electron chi connectivity index (χ0n) is 11.8. The van der Waals surface area contributed by atoms with Crippen LogP contribution in [0.3, 0.4) is 0 Å². The van der Waals surface area contributed by atoms with Crippen molar-refractivity contribution in [3.05, 3.63) is 58.1 Å². The predicted molar refractivity (Wildman–Crippen MR) is 83.8 cm³/mol. The minimum absolute atomic E-state index is 0.0126. The highest BCUT2D eigenvalue weighted by Gasteiger charge is 2.28. The van der Waals surface area contributed by atoms with E-state index in [9.17, 15) is 10.1 Å². The first kappa shape index (κ1) is 13.4. The summed E-state index contributed by atoms with van der Waals surface area (Å²) in [4.78, 5) is 13.0. The van der Waals surface area contributed by atoms with Crippen LogP contribution in [0.5, 0.6) is 0 Å². The molecule has 1 heterocycles. The zero-order valence-corrected chi connectivity index (χ0v) is 11.8. The number of para-hydroxylation sites is 2. The van der Waals surface area contributed by atoms with Gasteiger partial charge in [0.25, 0.3) is 0 Å². The lowest BCUT2D eigenvalue weighted by atomic mass is 9.93. The molecule has 0 aliphatic carbocycles. The number of hydrogen-bond donors (Lipinski definition) is 1. The Kier molecular flexibility index (Phi) is 3.25. The maximum atomic E-state index is 11.4. The fourth-order valence-electron chi connectivity index (χ4n) is 2.99. The lowest BCUT2D eigenvalue weighted by molar-refractivity contribution is -0.383. The average Bonchev–Trinajstić information content (AvgIpc) is 2.45. The summed E-state index contributed by atoms with van der Waals surface area (Å²) in [5, 5.41) is 11.4. The number of rotatable bonds is 2. The summed E-state index contributed by atoms with van der Waals surface area (Å²) in [5.74, 6) is 0.431. The number of nitro groups is 1. The van der Waals surface area contributed by atoms with Gasteiger partial charge >= 0.3 is 5.69 Å². The van der Waals surface area contributed by atoms with E-state index < -0.39 is 4.92 Å². The Bertz CT molecular complexity index is 700. The highest BCUT2D eigenvalue weighted by molar-refractivity contribution is 5.81. The molecule has 0 bridgehead atoms. The van der Waals surface area contributed by atoms with Gasteiger partial charge in [0.1, 0.15) is 11.4 Å². The molecule has 1 aliphatic rings. The van der Waals surface area contributed by atoms with Gasteiger partial charge in [-0.25, -0.2) is 0 Å². The van der Waals surface area contributed by atoms with Gasteiger partial charge in [-0.3, -0.25) is 10.1 Å². The molecular formula is C16H17N3O2. The Hall–Kier alpha value is -2.56. The van der Waals surface area contributed by atoms with E-state index >= 15 is 0 Å². The van der Waals surface area contributed by atoms with Crippen molar-refractivity contribution in [2.45, 2.75) is 13.3 Å². The minimum Gasteiger partial charge on any atom is -0.393 e. The van der Waals surface area contributed by atoms with Gasteiger partial charge in [0.2, 0.25) is 0 Å². The number of fused-ring (bicyclic) bond motifs is 1. The number of nitrogens with two attached hydrogens (primary N) is 1. The summed E-state index contributed by atoms with van der Waals surface area (Å²) in [5.41, 5.74) is 8.82. The molecule has 0 radical (unpaired) electrons. The number of hydrogen-bond acceptors (Lipinski definition) is 4. The van der Waals surface area contributed by atoms with Gasteiger partial charge in [0, 0.05) is 12.2 Å². The molecule has 0 saturated carbocycles. The molecule has 5 nitrogen and oxygen atoms in total. The molecule has 0 saturated heterocycles. The van der Waals surface area contributed by atoms with Gasteiger partial charge in [-0.15, -0.1) is 0 Å². The van der Waals surface area contributed by atoms with Gasteiger partial charge in [-0.2, -0.15) is 0 Å². The molecule has 0 fully saturated rings. The van der Waals surface area contributed by atoms with Crippen molar-refractivity contribution in [3.63, 3.8) is 0 Å². The summed E-state index contributed by atoms with van der Waals surface area (Å²) < 4.78 is 0. The van der Waals surface area contributed by atoms with Crippen LogP contribution >= 0.6 is 0 Å². The van der Waals surface area contributed by atoms with E-state index in [-0.39, 0.29) is 11.4 Å². The molecule has 0 amide bonds. The molecule has 0 spiro atoms. The Labute approximate surface area is 123 Å². The fourth-order valence-corrected chi connectivity index (χ4v) is 2.99. The van der Waals surface area contributed by atoms with E-state index in [1.807, 2.05) is 23.1 Å². The Balaban J connectivity index is 2.18. The van der Waals surface area contributed by atoms with E-state index in [4.69, 9.17) is 5.73 Å². The van der Waals surface area contributed by atoms with Crippen LogP contribution in [-0.4, -0.2) is 11.5 Å². The van der Waals surface area contributed by atoms with E-state index in [1.54, 1.807) is 18.2 Å². The monoisotopic (exact) mass is 283 g/mol. The molecule has 3 rings (SSSR count). The fraction of sp³-hybridized carbons (Fsp3) is 0.250. The van der Waals surface area contributed by atoms with Crippen LogP contribution in [0.1, 0.15) is 12.5 Å². The summed E-state index contributed by atoms with van der Waals surface area (Å²) in [7, 11) is 0. The van der Waals surface area contributed by atoms with E-state index in [1.165, 1.54) is 5.56 Å². The standard InChI is InChI=1S/C16H17N3O2/c1-11-9-12-5-2-3-7-14(12)18(10-11)15-8-4-6-13(17)16(15)19(20)21/h2-8,11H,9-10,17H2,1H3. The van der Waals surface area contributed by atoms with Crippen molar-refractivity contribution in [1.29, 1.82) is 0 Å². The molecule has 1 aliphatic heterocycles. The number of nitrogens with zero attached hydrogens (tertiary/aromatic N) is 2. The van der Waals surface area contributed by atoms with Gasteiger partial charge in [-0.1, -0.05) is 31.2 Å². The topological polar surface area (TPSA) is 72.4 Å². The summed E-state index contributed by atoms with van der Waals surface area (Å²) >= 11 is 0. The van der Waals surface area contributed by atoms with Crippen molar-refractivity contribution >= 4 is 22.7 Å². The number of nitrogen functional groups attached to an aromatic ring is 1. The van der Waals surface area contributed by atoms with E-state index in [0.29, 0.717) is 11.6 Å². The molecule has 21 heavy (non-hydrogen) atoms. The van der Waals surface area contributed by atoms with Crippen LogP contribution in [-0.2, 0) is 6.42 Å². The van der Waals surface area contributed by atoms with Crippen LogP contribution in [0.4, 0.5) is 22.7 Å². The zero-order chi connectivity index (χ0) is 15.0. The Morgan fingerprint density at radius 1 is 1.19 bits per heavy atom. The quantitative estimate of drug-likeness (QED) is 0.520. The van der Waals surface area contributed by atoms with Gasteiger partial charge in [-0.05, 0) is 36.1 Å². The highest BCUT2D eigenvalue weighted by atomic mass is 16.6. The average molecular weight is 283 g/mol. The second kappa shape index (κ2) is 5.09. The largest absolute Gasteiger partial charge is 0.393 e. The molecular weight excluding hydrogens is 266 g/mol. The Morgan fingerprint density at radius 2 is 1.90 bits per heavy atom. The second-order valence-electron chi connectivity index (χ2n) is 5.52. The first-order valence-corrected chi connectivity index (χ1v) is 6.96. The first-order chi connectivity index (χ1) is 10.1. The van der Waals surface area contributed by atoms with Crippen LogP contribution in [0.25, 0.3) is 0 Å². The number of benzene rings is 2. The maximum Gasteiger partial charge on any atom is 0.315 e. The molecule has 2 N–H and O–H groups in total. The maximum absolute atomic E-state index is 11.4. The number of nitro benzene ring substituents is 1. The minimum atomic E-state index is -0.396. The van der Waals surface area contributed by atoms with Gasteiger partial charge < -0.3 is 10.6 Å². The third-order valence-electron chi connectivity index (χ3n) is 3.86. The number of anilines is 3. The summed E-state index contributed by atoms with van der Waals surface area (Å²) in [6.45, 7) is 2.91. The third-order valence-corrected chi connectivity index (χ3v) is 3.86. The van der Waals surface area contributed by atoms with Crippen LogP contribution in [0.15, 0.2) is 42.5 Å². The normalized spacial score (nSPS) is 17.4. The lowest BCUT2D eigenvalue weighted by Crippen LogP contribution is -2.30. The first-order valence-electron chi connectivity index (χ1n) is 6.96. The van der Waals surface area contributed by atoms with Crippen LogP contribution in [0.2, 0.25) is 0 Å². The van der Waals surface area contributed by atoms with E-state index in [2.05, 4.69) is 13.0 Å². The molecule has 2 aromatic rings. The third kappa shape index (κ3) is 2.31. The van der Waals surface area contributed by atoms with Crippen molar-refractivity contribution < 1.29 is 4.92 Å². The SMILES string of the molecule is CC1Cc2ccccc2N(c2cccc(N)c2[N+](=O)[O-])C1.